The second-order valence-electron chi connectivity index (χ2n) is 8.52. The Labute approximate surface area is 218 Å². The van der Waals surface area contributed by atoms with Crippen molar-refractivity contribution in [3.05, 3.63) is 82.9 Å². The van der Waals surface area contributed by atoms with Crippen molar-refractivity contribution in [3.8, 4) is 23.8 Å². The lowest BCUT2D eigenvalue weighted by Gasteiger charge is -2.38. The molecule has 186 valence electrons. The van der Waals surface area contributed by atoms with Crippen LogP contribution in [0.3, 0.4) is 0 Å². The van der Waals surface area contributed by atoms with Crippen LogP contribution in [-0.4, -0.2) is 41.0 Å². The molecule has 1 saturated heterocycles. The first-order valence-corrected chi connectivity index (χ1v) is 11.9. The van der Waals surface area contributed by atoms with Crippen LogP contribution in [0.4, 0.5) is 15.9 Å². The summed E-state index contributed by atoms with van der Waals surface area (Å²) in [5, 5.41) is 3.57. The smallest absolute Gasteiger partial charge is 0.298 e. The molecule has 0 atom stereocenters. The number of carbonyl (C=O) groups excluding carboxylic acids is 1. The number of anilines is 2. The number of likely N-dealkylation sites (tertiary alicyclic amines) is 1. The predicted octanol–water partition coefficient (Wildman–Crippen LogP) is 5.31. The van der Waals surface area contributed by atoms with Crippen LogP contribution >= 0.6 is 11.6 Å². The summed E-state index contributed by atoms with van der Waals surface area (Å²) in [6.45, 7) is 1.23. The zero-order valence-electron chi connectivity index (χ0n) is 19.9. The van der Waals surface area contributed by atoms with Crippen molar-refractivity contribution in [1.29, 1.82) is 0 Å². The van der Waals surface area contributed by atoms with Crippen molar-refractivity contribution in [2.75, 3.05) is 25.5 Å². The average Bonchev–Trinajstić information content (AvgIpc) is 2.90. The largest absolute Gasteiger partial charge is 0.496 e. The first-order valence-electron chi connectivity index (χ1n) is 11.5. The minimum absolute atomic E-state index is 0.0388. The quantitative estimate of drug-likeness (QED) is 0.335. The third kappa shape index (κ3) is 4.86. The van der Waals surface area contributed by atoms with E-state index >= 15 is 4.39 Å². The fourth-order valence-corrected chi connectivity index (χ4v) is 4.45. The molecule has 0 spiro atoms. The highest BCUT2D eigenvalue weighted by atomic mass is 35.5. The molecule has 9 heteroatoms. The van der Waals surface area contributed by atoms with Gasteiger partial charge in [0.25, 0.3) is 5.91 Å². The van der Waals surface area contributed by atoms with E-state index in [9.17, 15) is 4.79 Å². The van der Waals surface area contributed by atoms with Gasteiger partial charge in [-0.25, -0.2) is 14.4 Å². The number of methoxy groups -OCH3 is 1. The number of hydrogen-bond acceptors (Lipinski definition) is 6. The highest BCUT2D eigenvalue weighted by Crippen LogP contribution is 2.39. The molecule has 1 N–H and O–H groups in total. The Kier molecular flexibility index (Phi) is 6.80. The molecule has 0 radical (unpaired) electrons. The molecule has 1 amide bonds. The topological polar surface area (TPSA) is 76.6 Å². The van der Waals surface area contributed by atoms with Crippen LogP contribution in [0.15, 0.2) is 60.9 Å². The SMILES string of the molecule is C#CC(=O)N1CC(c2cc3c(Nc4ccc(OCc5ccccc5)c(Cl)c4F)ncnc3cc2OC)C1. The van der Waals surface area contributed by atoms with Gasteiger partial charge in [-0.05, 0) is 29.7 Å². The van der Waals surface area contributed by atoms with Gasteiger partial charge in [0, 0.05) is 36.0 Å². The van der Waals surface area contributed by atoms with Gasteiger partial charge in [0.1, 0.15) is 35.3 Å². The Morgan fingerprint density at radius 3 is 2.70 bits per heavy atom. The van der Waals surface area contributed by atoms with Gasteiger partial charge in [-0.2, -0.15) is 0 Å². The number of hydrogen-bond donors (Lipinski definition) is 1. The number of fused-ring (bicyclic) bond motifs is 1. The fraction of sp³-hybridized carbons (Fsp3) is 0.179. The Bertz CT molecular complexity index is 1520. The fourth-order valence-electron chi connectivity index (χ4n) is 4.23. The van der Waals surface area contributed by atoms with E-state index in [1.54, 1.807) is 30.2 Å². The van der Waals surface area contributed by atoms with E-state index in [0.29, 0.717) is 35.6 Å². The van der Waals surface area contributed by atoms with Crippen molar-refractivity contribution in [2.45, 2.75) is 12.5 Å². The molecule has 37 heavy (non-hydrogen) atoms. The lowest BCUT2D eigenvalue weighted by Crippen LogP contribution is -2.48. The van der Waals surface area contributed by atoms with Gasteiger partial charge in [-0.15, -0.1) is 6.42 Å². The van der Waals surface area contributed by atoms with Gasteiger partial charge in [-0.1, -0.05) is 41.9 Å². The van der Waals surface area contributed by atoms with E-state index in [4.69, 9.17) is 27.5 Å². The lowest BCUT2D eigenvalue weighted by atomic mass is 9.89. The number of benzene rings is 3. The lowest BCUT2D eigenvalue weighted by molar-refractivity contribution is -0.129. The van der Waals surface area contributed by atoms with Gasteiger partial charge in [-0.3, -0.25) is 4.79 Å². The predicted molar refractivity (Wildman–Crippen MR) is 140 cm³/mol. The van der Waals surface area contributed by atoms with Crippen molar-refractivity contribution in [3.63, 3.8) is 0 Å². The van der Waals surface area contributed by atoms with Crippen molar-refractivity contribution in [1.82, 2.24) is 14.9 Å². The van der Waals surface area contributed by atoms with Crippen LogP contribution in [-0.2, 0) is 11.4 Å². The molecule has 1 fully saturated rings. The number of nitrogens with one attached hydrogen (secondary N) is 1. The molecule has 5 rings (SSSR count). The Hall–Kier alpha value is -4.35. The summed E-state index contributed by atoms with van der Waals surface area (Å²) in [6, 6.07) is 16.4. The van der Waals surface area contributed by atoms with Gasteiger partial charge in [0.05, 0.1) is 18.3 Å². The molecule has 1 aliphatic rings. The Balaban J connectivity index is 1.41. The third-order valence-electron chi connectivity index (χ3n) is 6.26. The minimum atomic E-state index is -0.657. The van der Waals surface area contributed by atoms with Crippen LogP contribution in [0.25, 0.3) is 10.9 Å². The minimum Gasteiger partial charge on any atom is -0.496 e. The monoisotopic (exact) mass is 516 g/mol. The van der Waals surface area contributed by atoms with Crippen molar-refractivity contribution < 1.29 is 18.7 Å². The van der Waals surface area contributed by atoms with E-state index in [1.807, 2.05) is 36.4 Å². The number of nitrogens with zero attached hydrogens (tertiary/aromatic N) is 3. The summed E-state index contributed by atoms with van der Waals surface area (Å²) >= 11 is 6.30. The maximum Gasteiger partial charge on any atom is 0.298 e. The zero-order chi connectivity index (χ0) is 25.9. The average molecular weight is 517 g/mol. The molecular formula is C28H22ClFN4O3. The summed E-state index contributed by atoms with van der Waals surface area (Å²) in [5.74, 6) is 2.46. The summed E-state index contributed by atoms with van der Waals surface area (Å²) in [7, 11) is 1.58. The second kappa shape index (κ2) is 10.3. The Morgan fingerprint density at radius 1 is 1.19 bits per heavy atom. The molecule has 2 heterocycles. The molecule has 7 nitrogen and oxygen atoms in total. The van der Waals surface area contributed by atoms with E-state index < -0.39 is 5.82 Å². The molecule has 4 aromatic rings. The number of ether oxygens (including phenoxy) is 2. The molecule has 0 unspecified atom stereocenters. The molecule has 3 aromatic carbocycles. The molecule has 0 bridgehead atoms. The highest BCUT2D eigenvalue weighted by Gasteiger charge is 2.33. The van der Waals surface area contributed by atoms with E-state index in [2.05, 4.69) is 21.2 Å². The van der Waals surface area contributed by atoms with Gasteiger partial charge in [0.15, 0.2) is 5.82 Å². The first kappa shape index (κ1) is 24.3. The number of carbonyl (C=O) groups is 1. The summed E-state index contributed by atoms with van der Waals surface area (Å²) in [5.41, 5.74) is 2.59. The van der Waals surface area contributed by atoms with E-state index in [1.165, 1.54) is 6.33 Å². The third-order valence-corrected chi connectivity index (χ3v) is 6.61. The normalized spacial score (nSPS) is 13.1. The second-order valence-corrected chi connectivity index (χ2v) is 8.90. The summed E-state index contributed by atoms with van der Waals surface area (Å²) in [6.07, 6.45) is 6.61. The van der Waals surface area contributed by atoms with Gasteiger partial charge in [0.2, 0.25) is 0 Å². The van der Waals surface area contributed by atoms with Gasteiger partial charge >= 0.3 is 0 Å². The standard InChI is InChI=1S/C28H22ClFN4O3/c1-3-25(35)34-13-18(14-34)19-11-20-22(12-24(19)36-2)31-16-32-28(20)33-21-9-10-23(26(29)27(21)30)37-15-17-7-5-4-6-8-17/h1,4-12,16,18H,13-15H2,2H3,(H,31,32,33). The summed E-state index contributed by atoms with van der Waals surface area (Å²) < 4.78 is 26.5. The van der Waals surface area contributed by atoms with Crippen LogP contribution in [0.5, 0.6) is 11.5 Å². The summed E-state index contributed by atoms with van der Waals surface area (Å²) in [4.78, 5) is 22.0. The number of aromatic nitrogens is 2. The van der Waals surface area contributed by atoms with Crippen LogP contribution in [0, 0.1) is 18.2 Å². The first-order chi connectivity index (χ1) is 18.0. The molecule has 0 saturated carbocycles. The highest BCUT2D eigenvalue weighted by molar-refractivity contribution is 6.32. The van der Waals surface area contributed by atoms with E-state index in [-0.39, 0.29) is 34.9 Å². The number of rotatable bonds is 7. The van der Waals surface area contributed by atoms with Crippen LogP contribution in [0.2, 0.25) is 5.02 Å². The molecule has 0 aliphatic carbocycles. The maximum absolute atomic E-state index is 15.2. The molecule has 1 aliphatic heterocycles. The van der Waals surface area contributed by atoms with Crippen LogP contribution < -0.4 is 14.8 Å². The van der Waals surface area contributed by atoms with Gasteiger partial charge < -0.3 is 19.7 Å². The zero-order valence-corrected chi connectivity index (χ0v) is 20.6. The van der Waals surface area contributed by atoms with Crippen LogP contribution in [0.1, 0.15) is 17.0 Å². The van der Waals surface area contributed by atoms with Crippen molar-refractivity contribution >= 4 is 39.9 Å². The number of terminal acetylenes is 1. The Morgan fingerprint density at radius 2 is 1.97 bits per heavy atom. The number of amides is 1. The molecular weight excluding hydrogens is 495 g/mol. The number of halogens is 2. The maximum atomic E-state index is 15.2. The molecule has 1 aromatic heterocycles. The van der Waals surface area contributed by atoms with E-state index in [0.717, 1.165) is 11.1 Å². The van der Waals surface area contributed by atoms with Crippen molar-refractivity contribution in [2.24, 2.45) is 0 Å².